The molecule has 0 aliphatic carbocycles. The second kappa shape index (κ2) is 28.4. The van der Waals surface area contributed by atoms with Crippen molar-refractivity contribution in [3.8, 4) is 136 Å². The molecule has 24 aromatic rings. The van der Waals surface area contributed by atoms with Crippen LogP contribution in [-0.4, -0.2) is 52.7 Å². The van der Waals surface area contributed by atoms with Crippen LogP contribution in [0, 0.1) is 34.6 Å². The third-order valence-corrected chi connectivity index (χ3v) is 32.2. The maximum atomic E-state index is 6.88. The fourth-order valence-electron chi connectivity index (χ4n) is 26.3. The fraction of sp³-hybridized carbons (Fsp3) is 0.128. The third kappa shape index (κ3) is 10.3. The van der Waals surface area contributed by atoms with E-state index in [1.165, 1.54) is 132 Å². The van der Waals surface area contributed by atoms with Crippen molar-refractivity contribution in [3.63, 3.8) is 0 Å². The van der Waals surface area contributed by atoms with E-state index >= 15 is 0 Å². The quantitative estimate of drug-likeness (QED) is 0.150. The zero-order valence-corrected chi connectivity index (χ0v) is 81.5. The van der Waals surface area contributed by atoms with Crippen molar-refractivity contribution in [1.82, 2.24) is 52.7 Å². The molecule has 145 heavy (non-hydrogen) atoms. The summed E-state index contributed by atoms with van der Waals surface area (Å²) < 4.78 is 49.6. The lowest BCUT2D eigenvalue weighted by Crippen LogP contribution is -2.77. The molecular formula is C125H93N17O3+6. The summed E-state index contributed by atoms with van der Waals surface area (Å²) in [5.74, 6) is 9.31. The van der Waals surface area contributed by atoms with Gasteiger partial charge in [-0.1, -0.05) is 171 Å². The minimum Gasteiger partial charge on any atom is -0.456 e. The molecule has 3 spiro atoms. The van der Waals surface area contributed by atoms with Crippen LogP contribution in [0.3, 0.4) is 0 Å². The second-order valence-corrected chi connectivity index (χ2v) is 42.0. The number of aromatic nitrogens is 17. The largest absolute Gasteiger partial charge is 0.456 e. The molecule has 11 aromatic carbocycles. The molecule has 0 bridgehead atoms. The molecule has 0 fully saturated rings. The topological polar surface area (TPSA) is 145 Å². The van der Waals surface area contributed by atoms with Gasteiger partial charge in [0.25, 0.3) is 17.5 Å². The standard InChI is InChI=1S/C43H32N4O.C42H32N6O.C40H29N7O/c1-25-23-30(29-13-6-5-7-14-29)24-26(2)38(25)39-27(3)46-34-17-12-18-35-40(34)43(47(46)28(39)4)41-36(48-35)21-20-32-31-15-8-9-16-33(31)45(42(32)41)37-19-10-11-22-44(37)43;1-25-19-27(26-9-8-17-43-21-26)22-44-39(25)28-23-46-33-12-7-13-34-37(33)42(47(46)24-28)38-35(49-34)15-14-31-30-10-5-6-11-32(30)48(40(31)38)36-20-29(41(2,3)4)16-18-45(36)42;1-39(2,3)27-15-17-44-34(18-27)47-30-10-5-4-9-28(30)29-13-14-33-36(37(29)47)40(44)35-31(11-6-12-32(35)48-33)45-22-26(23-46(40)45)38-42-20-25(21-43-38)24-8-7-16-41-19-24/h5-24H,1-4H3;5-24H,1-4H3;4-23H,1-3H3/q3*+2. The van der Waals surface area contributed by atoms with Crippen molar-refractivity contribution in [3.05, 3.63) is 438 Å². The molecule has 0 saturated carbocycles. The average Bonchev–Trinajstić information content (AvgIpc) is 1.47. The minimum absolute atomic E-state index is 0.0302. The van der Waals surface area contributed by atoms with Gasteiger partial charge in [0.2, 0.25) is 18.1 Å². The first-order valence-electron chi connectivity index (χ1n) is 49.8. The number of aryl methyl sites for hydroxylation is 3. The van der Waals surface area contributed by atoms with Crippen molar-refractivity contribution in [2.24, 2.45) is 0 Å². The first kappa shape index (κ1) is 81.6. The van der Waals surface area contributed by atoms with Gasteiger partial charge < -0.3 is 14.2 Å². The zero-order chi connectivity index (χ0) is 96.8. The number of pyridine rings is 6. The van der Waals surface area contributed by atoms with Gasteiger partial charge in [-0.05, 0) is 229 Å². The molecule has 13 aromatic heterocycles. The molecule has 0 saturated heterocycles. The lowest BCUT2D eigenvalue weighted by Gasteiger charge is -2.33. The molecule has 3 atom stereocenters. The van der Waals surface area contributed by atoms with E-state index in [0.29, 0.717) is 5.82 Å². The van der Waals surface area contributed by atoms with Crippen LogP contribution in [0.2, 0.25) is 0 Å². The van der Waals surface area contributed by atoms with Gasteiger partial charge in [-0.3, -0.25) is 15.0 Å². The van der Waals surface area contributed by atoms with E-state index in [9.17, 15) is 0 Å². The highest BCUT2D eigenvalue weighted by Crippen LogP contribution is 2.61. The lowest BCUT2D eigenvalue weighted by molar-refractivity contribution is -0.995. The Morgan fingerprint density at radius 3 is 1.26 bits per heavy atom. The number of hydrogen-bond donors (Lipinski definition) is 0. The normalized spacial score (nSPS) is 16.4. The Labute approximate surface area is 833 Å². The molecule has 20 nitrogen and oxygen atoms in total. The summed E-state index contributed by atoms with van der Waals surface area (Å²) in [5, 5.41) is 7.38. The minimum atomic E-state index is -0.761. The van der Waals surface area contributed by atoms with E-state index in [0.717, 1.165) is 136 Å². The van der Waals surface area contributed by atoms with E-state index < -0.39 is 17.0 Å². The summed E-state index contributed by atoms with van der Waals surface area (Å²) in [4.78, 5) is 23.3. The Hall–Kier alpha value is -18.2. The van der Waals surface area contributed by atoms with E-state index in [4.69, 9.17) is 29.2 Å². The average molecular weight is 1880 g/mol. The first-order chi connectivity index (χ1) is 70.8. The summed E-state index contributed by atoms with van der Waals surface area (Å²) >= 11 is 0. The molecule has 0 radical (unpaired) electrons. The van der Waals surface area contributed by atoms with Crippen LogP contribution in [0.25, 0.3) is 167 Å². The van der Waals surface area contributed by atoms with Crippen LogP contribution < -0.4 is 42.0 Å². The van der Waals surface area contributed by atoms with E-state index in [-0.39, 0.29) is 10.8 Å². The number of nitrogens with zero attached hydrogens (tertiary/aromatic N) is 17. The van der Waals surface area contributed by atoms with Crippen LogP contribution in [-0.2, 0) is 27.8 Å². The van der Waals surface area contributed by atoms with Gasteiger partial charge in [-0.15, -0.1) is 14.0 Å². The summed E-state index contributed by atoms with van der Waals surface area (Å²) in [6.07, 6.45) is 28.7. The molecule has 690 valence electrons. The molecule has 9 aliphatic heterocycles. The van der Waals surface area contributed by atoms with Crippen LogP contribution in [0.1, 0.15) is 114 Å². The Morgan fingerprint density at radius 1 is 0.310 bits per heavy atom. The van der Waals surface area contributed by atoms with Crippen molar-refractivity contribution >= 4 is 65.4 Å². The number of para-hydroxylation sites is 3. The van der Waals surface area contributed by atoms with Gasteiger partial charge in [0.15, 0.2) is 39.1 Å². The zero-order valence-electron chi connectivity index (χ0n) is 81.5. The highest BCUT2D eigenvalue weighted by molar-refractivity contribution is 6.14. The third-order valence-electron chi connectivity index (χ3n) is 32.2. The summed E-state index contributed by atoms with van der Waals surface area (Å²) in [6, 6.07) is 100. The van der Waals surface area contributed by atoms with Gasteiger partial charge in [0.05, 0.1) is 53.5 Å². The van der Waals surface area contributed by atoms with E-state index in [1.807, 2.05) is 49.2 Å². The summed E-state index contributed by atoms with van der Waals surface area (Å²) in [6.45, 7) is 25.0. The molecule has 0 N–H and O–H groups in total. The SMILES string of the molecule is CC(C)(C)c1cc[n+]2c(c1)-n1c3ccccc3c3ccc4c(c31)C21c2c(cccc2-n2cc(-c3ncc(-c5cccnc5)cn3)c[n+]21)O4.Cc1cc(-c2ccccc2)cc(C)c1-c1c(C)n2[n+](c1C)C13c4c(cccc4-2)Oc2ccc4c5ccccc5n(c4c21)-c1cccc[n+]13.Cc1cc(-c2cccnc2)cnc1-c1cn2[n+](c1)C13c4c(cccc4-2)Oc2ccc4c5ccccc5n(c4c21)-c1cc(C(C)(C)C)cc[n+]13. The lowest BCUT2D eigenvalue weighted by atomic mass is 9.83. The van der Waals surface area contributed by atoms with Gasteiger partial charge in [-0.25, -0.2) is 9.97 Å². The number of ether oxygens (including phenoxy) is 3. The number of benzene rings is 11. The number of rotatable bonds is 6. The van der Waals surface area contributed by atoms with Crippen molar-refractivity contribution < 1.29 is 42.0 Å². The molecule has 9 aliphatic rings. The van der Waals surface area contributed by atoms with Crippen molar-refractivity contribution in [2.45, 2.75) is 104 Å². The Balaban J connectivity index is 0.0000000990. The molecule has 3 unspecified atom stereocenters. The van der Waals surface area contributed by atoms with Crippen LogP contribution in [0.4, 0.5) is 0 Å². The summed E-state index contributed by atoms with van der Waals surface area (Å²) in [5.41, 5.74) is 35.8. The molecule has 20 heteroatoms. The monoisotopic (exact) mass is 1880 g/mol. The van der Waals surface area contributed by atoms with Crippen LogP contribution >= 0.6 is 0 Å². The molecular weight excluding hydrogens is 1790 g/mol. The van der Waals surface area contributed by atoms with E-state index in [2.05, 4.69) is 446 Å². The smallest absolute Gasteiger partial charge is 0.397 e. The fourth-order valence-corrected chi connectivity index (χ4v) is 26.3. The van der Waals surface area contributed by atoms with Crippen molar-refractivity contribution in [2.75, 3.05) is 0 Å². The van der Waals surface area contributed by atoms with Gasteiger partial charge in [0.1, 0.15) is 90.4 Å². The first-order valence-corrected chi connectivity index (χ1v) is 49.8. The Kier molecular flexibility index (Phi) is 16.0. The van der Waals surface area contributed by atoms with Gasteiger partial charge >= 0.3 is 17.0 Å². The molecule has 33 rings (SSSR count). The van der Waals surface area contributed by atoms with Gasteiger partial charge in [0, 0.05) is 123 Å². The maximum Gasteiger partial charge on any atom is 0.397 e. The van der Waals surface area contributed by atoms with E-state index in [1.54, 1.807) is 12.4 Å². The molecule has 0 amide bonds. The predicted molar refractivity (Wildman–Crippen MR) is 558 cm³/mol. The number of fused-ring (bicyclic) bond motifs is 21. The second-order valence-electron chi connectivity index (χ2n) is 42.0. The Bertz CT molecular complexity index is 9960. The van der Waals surface area contributed by atoms with Crippen LogP contribution in [0.15, 0.2) is 366 Å². The summed E-state index contributed by atoms with van der Waals surface area (Å²) in [7, 11) is 0. The maximum absolute atomic E-state index is 6.88. The van der Waals surface area contributed by atoms with Crippen LogP contribution in [0.5, 0.6) is 34.5 Å². The molecule has 22 heterocycles. The highest BCUT2D eigenvalue weighted by Gasteiger charge is 2.73. The highest BCUT2D eigenvalue weighted by atomic mass is 16.5. The predicted octanol–water partition coefficient (Wildman–Crippen LogP) is 23.7. The van der Waals surface area contributed by atoms with Crippen molar-refractivity contribution in [1.29, 1.82) is 0 Å². The number of hydrogen-bond acceptors (Lipinski definition) is 8. The Morgan fingerprint density at radius 2 is 0.745 bits per heavy atom. The van der Waals surface area contributed by atoms with Gasteiger partial charge in [-0.2, -0.15) is 27.4 Å².